The van der Waals surface area contributed by atoms with E-state index in [4.69, 9.17) is 4.74 Å². The molecule has 0 saturated heterocycles. The summed E-state index contributed by atoms with van der Waals surface area (Å²) in [5.74, 6) is -0.312. The van der Waals surface area contributed by atoms with E-state index in [2.05, 4.69) is 22.2 Å². The lowest BCUT2D eigenvalue weighted by Gasteiger charge is -2.11. The number of esters is 1. The molecule has 0 heterocycles. The van der Waals surface area contributed by atoms with Crippen molar-refractivity contribution in [2.45, 2.75) is 20.1 Å². The van der Waals surface area contributed by atoms with Gasteiger partial charge in [0.2, 0.25) is 0 Å². The summed E-state index contributed by atoms with van der Waals surface area (Å²) in [5.41, 5.74) is 2.33. The summed E-state index contributed by atoms with van der Waals surface area (Å²) in [4.78, 5) is 11.2. The first-order valence-electron chi connectivity index (χ1n) is 6.02. The molecule has 0 aliphatic rings. The highest BCUT2D eigenvalue weighted by Crippen LogP contribution is 2.06. The van der Waals surface area contributed by atoms with Crippen molar-refractivity contribution in [3.63, 3.8) is 0 Å². The predicted molar refractivity (Wildman–Crippen MR) is 70.0 cm³/mol. The van der Waals surface area contributed by atoms with E-state index in [0.29, 0.717) is 13.2 Å². The van der Waals surface area contributed by atoms with E-state index in [1.54, 1.807) is 7.11 Å². The Kier molecular flexibility index (Phi) is 6.39. The van der Waals surface area contributed by atoms with Gasteiger partial charge in [-0.25, -0.2) is 0 Å². The van der Waals surface area contributed by atoms with E-state index >= 15 is 0 Å². The molecule has 1 atom stereocenters. The molecule has 1 aromatic carbocycles. The molecule has 0 aromatic heterocycles. The van der Waals surface area contributed by atoms with Gasteiger partial charge >= 0.3 is 5.97 Å². The van der Waals surface area contributed by atoms with E-state index in [-0.39, 0.29) is 11.9 Å². The lowest BCUT2D eigenvalue weighted by Crippen LogP contribution is -2.27. The molecule has 4 nitrogen and oxygen atoms in total. The van der Waals surface area contributed by atoms with Gasteiger partial charge in [-0.05, 0) is 11.1 Å². The molecule has 0 bridgehead atoms. The fourth-order valence-electron chi connectivity index (χ4n) is 1.71. The van der Waals surface area contributed by atoms with E-state index < -0.39 is 0 Å². The molecule has 100 valence electrons. The zero-order valence-electron chi connectivity index (χ0n) is 11.2. The van der Waals surface area contributed by atoms with Crippen LogP contribution in [0.4, 0.5) is 0 Å². The van der Waals surface area contributed by atoms with Gasteiger partial charge in [-0.3, -0.25) is 4.79 Å². The highest BCUT2D eigenvalue weighted by Gasteiger charge is 2.11. The van der Waals surface area contributed by atoms with Gasteiger partial charge in [0.25, 0.3) is 0 Å². The highest BCUT2D eigenvalue weighted by atomic mass is 16.5. The summed E-state index contributed by atoms with van der Waals surface area (Å²) in [6, 6.07) is 8.19. The number of hydrogen-bond donors (Lipinski definition) is 1. The van der Waals surface area contributed by atoms with Gasteiger partial charge in [0.15, 0.2) is 0 Å². The smallest absolute Gasteiger partial charge is 0.309 e. The van der Waals surface area contributed by atoms with Crippen LogP contribution in [-0.4, -0.2) is 26.7 Å². The molecule has 18 heavy (non-hydrogen) atoms. The molecule has 0 aliphatic heterocycles. The van der Waals surface area contributed by atoms with Gasteiger partial charge in [-0.15, -0.1) is 0 Å². The van der Waals surface area contributed by atoms with Gasteiger partial charge < -0.3 is 14.8 Å². The van der Waals surface area contributed by atoms with Crippen LogP contribution in [0, 0.1) is 5.92 Å². The summed E-state index contributed by atoms with van der Waals surface area (Å²) >= 11 is 0. The monoisotopic (exact) mass is 251 g/mol. The second-order valence-corrected chi connectivity index (χ2v) is 4.31. The van der Waals surface area contributed by atoms with E-state index in [0.717, 1.165) is 12.1 Å². The Morgan fingerprint density at radius 1 is 1.33 bits per heavy atom. The van der Waals surface area contributed by atoms with Crippen LogP contribution in [0.3, 0.4) is 0 Å². The molecule has 1 rings (SSSR count). The van der Waals surface area contributed by atoms with E-state index in [9.17, 15) is 4.79 Å². The van der Waals surface area contributed by atoms with Crippen molar-refractivity contribution in [1.29, 1.82) is 0 Å². The molecular formula is C14H21NO3. The third kappa shape index (κ3) is 4.85. The maximum Gasteiger partial charge on any atom is 0.309 e. The lowest BCUT2D eigenvalue weighted by atomic mass is 10.1. The molecule has 0 amide bonds. The van der Waals surface area contributed by atoms with Gasteiger partial charge in [0.05, 0.1) is 19.6 Å². The third-order valence-electron chi connectivity index (χ3n) is 2.69. The van der Waals surface area contributed by atoms with Crippen molar-refractivity contribution < 1.29 is 14.3 Å². The number of methoxy groups -OCH3 is 2. The maximum absolute atomic E-state index is 11.2. The molecular weight excluding hydrogens is 230 g/mol. The first kappa shape index (κ1) is 14.7. The molecule has 1 unspecified atom stereocenters. The van der Waals surface area contributed by atoms with Crippen molar-refractivity contribution in [2.75, 3.05) is 20.8 Å². The van der Waals surface area contributed by atoms with Crippen molar-refractivity contribution in [2.24, 2.45) is 5.92 Å². The number of carbonyl (C=O) groups is 1. The Hall–Kier alpha value is -1.39. The van der Waals surface area contributed by atoms with E-state index in [1.165, 1.54) is 12.7 Å². The van der Waals surface area contributed by atoms with Gasteiger partial charge in [0.1, 0.15) is 0 Å². The number of nitrogens with one attached hydrogen (secondary N) is 1. The summed E-state index contributed by atoms with van der Waals surface area (Å²) in [5, 5.41) is 3.24. The first-order chi connectivity index (χ1) is 8.67. The number of hydrogen-bond acceptors (Lipinski definition) is 4. The first-order valence-corrected chi connectivity index (χ1v) is 6.02. The van der Waals surface area contributed by atoms with Crippen LogP contribution < -0.4 is 5.32 Å². The molecule has 0 saturated carbocycles. The summed E-state index contributed by atoms with van der Waals surface area (Å²) in [6.07, 6.45) is 0. The summed E-state index contributed by atoms with van der Waals surface area (Å²) in [6.45, 7) is 3.81. The fraction of sp³-hybridized carbons (Fsp3) is 0.500. The fourth-order valence-corrected chi connectivity index (χ4v) is 1.71. The zero-order chi connectivity index (χ0) is 13.4. The standard InChI is InChI=1S/C14H21NO3/c1-11(14(16)18-3)8-15-9-12-5-4-6-13(7-12)10-17-2/h4-7,11,15H,8-10H2,1-3H3. The molecule has 0 spiro atoms. The van der Waals surface area contributed by atoms with Crippen molar-refractivity contribution in [3.05, 3.63) is 35.4 Å². The largest absolute Gasteiger partial charge is 0.469 e. The van der Waals surface area contributed by atoms with Crippen LogP contribution in [0.15, 0.2) is 24.3 Å². The predicted octanol–water partition coefficient (Wildman–Crippen LogP) is 1.73. The zero-order valence-corrected chi connectivity index (χ0v) is 11.2. The maximum atomic E-state index is 11.2. The Bertz CT molecular complexity index is 379. The van der Waals surface area contributed by atoms with E-state index in [1.807, 2.05) is 19.1 Å². The highest BCUT2D eigenvalue weighted by molar-refractivity contribution is 5.72. The van der Waals surface area contributed by atoms with Crippen LogP contribution >= 0.6 is 0 Å². The van der Waals surface area contributed by atoms with Crippen LogP contribution in [0.2, 0.25) is 0 Å². The topological polar surface area (TPSA) is 47.6 Å². The number of ether oxygens (including phenoxy) is 2. The third-order valence-corrected chi connectivity index (χ3v) is 2.69. The quantitative estimate of drug-likeness (QED) is 0.750. The average Bonchev–Trinajstić information content (AvgIpc) is 2.38. The summed E-state index contributed by atoms with van der Waals surface area (Å²) in [7, 11) is 3.09. The number of rotatable bonds is 7. The molecule has 0 fully saturated rings. The normalized spacial score (nSPS) is 12.2. The SMILES string of the molecule is COCc1cccc(CNCC(C)C(=O)OC)c1. The Labute approximate surface area is 108 Å². The van der Waals surface area contributed by atoms with Gasteiger partial charge in [0, 0.05) is 20.2 Å². The van der Waals surface area contributed by atoms with Crippen molar-refractivity contribution in [3.8, 4) is 0 Å². The summed E-state index contributed by atoms with van der Waals surface area (Å²) < 4.78 is 9.76. The average molecular weight is 251 g/mol. The van der Waals surface area contributed by atoms with Crippen LogP contribution in [-0.2, 0) is 27.4 Å². The Balaban J connectivity index is 2.39. The number of carbonyl (C=O) groups excluding carboxylic acids is 1. The molecule has 0 radical (unpaired) electrons. The lowest BCUT2D eigenvalue weighted by molar-refractivity contribution is -0.144. The van der Waals surface area contributed by atoms with Crippen LogP contribution in [0.5, 0.6) is 0 Å². The van der Waals surface area contributed by atoms with Gasteiger partial charge in [-0.2, -0.15) is 0 Å². The molecule has 1 aromatic rings. The minimum atomic E-state index is -0.185. The number of benzene rings is 1. The Morgan fingerprint density at radius 3 is 2.72 bits per heavy atom. The van der Waals surface area contributed by atoms with Crippen LogP contribution in [0.25, 0.3) is 0 Å². The second kappa shape index (κ2) is 7.84. The van der Waals surface area contributed by atoms with Gasteiger partial charge in [-0.1, -0.05) is 31.2 Å². The van der Waals surface area contributed by atoms with Crippen molar-refractivity contribution in [1.82, 2.24) is 5.32 Å². The molecule has 1 N–H and O–H groups in total. The molecule has 4 heteroatoms. The minimum Gasteiger partial charge on any atom is -0.469 e. The molecule has 0 aliphatic carbocycles. The van der Waals surface area contributed by atoms with Crippen LogP contribution in [0.1, 0.15) is 18.1 Å². The van der Waals surface area contributed by atoms with Crippen molar-refractivity contribution >= 4 is 5.97 Å². The Morgan fingerprint density at radius 2 is 2.06 bits per heavy atom. The second-order valence-electron chi connectivity index (χ2n) is 4.31. The minimum absolute atomic E-state index is 0.128.